The van der Waals surface area contributed by atoms with Crippen LogP contribution in [0.3, 0.4) is 0 Å². The van der Waals surface area contributed by atoms with Crippen LogP contribution < -0.4 is 10.5 Å². The van der Waals surface area contributed by atoms with Crippen molar-refractivity contribution in [3.05, 3.63) is 35.4 Å². The summed E-state index contributed by atoms with van der Waals surface area (Å²) in [6.07, 6.45) is 1.41. The van der Waals surface area contributed by atoms with Gasteiger partial charge in [-0.2, -0.15) is 5.26 Å². The van der Waals surface area contributed by atoms with Gasteiger partial charge in [-0.1, -0.05) is 12.1 Å². The number of esters is 1. The molecule has 0 heterocycles. The highest BCUT2D eigenvalue weighted by molar-refractivity contribution is 5.97. The van der Waals surface area contributed by atoms with Crippen LogP contribution in [0.1, 0.15) is 12.5 Å². The monoisotopic (exact) mass is 274 g/mol. The van der Waals surface area contributed by atoms with Gasteiger partial charge in [0.1, 0.15) is 17.4 Å². The zero-order valence-electron chi connectivity index (χ0n) is 11.0. The van der Waals surface area contributed by atoms with Crippen molar-refractivity contribution in [3.63, 3.8) is 0 Å². The maximum atomic E-state index is 11.4. The molecular formula is C14H14N2O4. The van der Waals surface area contributed by atoms with E-state index in [1.165, 1.54) is 6.08 Å². The van der Waals surface area contributed by atoms with E-state index in [0.717, 1.165) is 0 Å². The normalized spacial score (nSPS) is 10.5. The summed E-state index contributed by atoms with van der Waals surface area (Å²) in [5, 5.41) is 8.89. The third-order valence-corrected chi connectivity index (χ3v) is 2.19. The van der Waals surface area contributed by atoms with E-state index >= 15 is 0 Å². The van der Waals surface area contributed by atoms with Gasteiger partial charge in [0.15, 0.2) is 6.61 Å². The summed E-state index contributed by atoms with van der Waals surface area (Å²) >= 11 is 0. The average Bonchev–Trinajstić information content (AvgIpc) is 2.44. The van der Waals surface area contributed by atoms with E-state index in [4.69, 9.17) is 20.5 Å². The molecular weight excluding hydrogens is 260 g/mol. The van der Waals surface area contributed by atoms with Crippen molar-refractivity contribution in [1.82, 2.24) is 0 Å². The Morgan fingerprint density at radius 1 is 1.35 bits per heavy atom. The minimum absolute atomic E-state index is 0.0855. The molecule has 0 bridgehead atoms. The lowest BCUT2D eigenvalue weighted by atomic mass is 10.1. The van der Waals surface area contributed by atoms with Gasteiger partial charge >= 0.3 is 5.97 Å². The predicted octanol–water partition coefficient (Wildman–Crippen LogP) is 1.02. The Morgan fingerprint density at radius 3 is 2.50 bits per heavy atom. The van der Waals surface area contributed by atoms with Crippen LogP contribution in [-0.4, -0.2) is 25.1 Å². The predicted molar refractivity (Wildman–Crippen MR) is 71.4 cm³/mol. The van der Waals surface area contributed by atoms with Crippen LogP contribution in [0.25, 0.3) is 6.08 Å². The van der Waals surface area contributed by atoms with E-state index in [1.807, 2.05) is 0 Å². The average molecular weight is 274 g/mol. The van der Waals surface area contributed by atoms with Crippen molar-refractivity contribution in [1.29, 1.82) is 5.26 Å². The van der Waals surface area contributed by atoms with Crippen molar-refractivity contribution >= 4 is 18.0 Å². The van der Waals surface area contributed by atoms with E-state index in [1.54, 1.807) is 37.3 Å². The highest BCUT2D eigenvalue weighted by atomic mass is 16.5. The molecule has 0 aliphatic rings. The second-order valence-corrected chi connectivity index (χ2v) is 3.71. The molecule has 2 N–H and O–H groups in total. The Kier molecular flexibility index (Phi) is 5.78. The number of benzene rings is 1. The van der Waals surface area contributed by atoms with E-state index in [2.05, 4.69) is 0 Å². The lowest BCUT2D eigenvalue weighted by Crippen LogP contribution is -2.19. The Morgan fingerprint density at radius 2 is 2.00 bits per heavy atom. The van der Waals surface area contributed by atoms with Crippen LogP contribution in [-0.2, 0) is 14.3 Å². The summed E-state index contributed by atoms with van der Waals surface area (Å²) in [7, 11) is 0. The molecule has 0 saturated heterocycles. The fourth-order valence-corrected chi connectivity index (χ4v) is 1.33. The molecule has 1 aromatic rings. The van der Waals surface area contributed by atoms with Crippen LogP contribution in [0.2, 0.25) is 0 Å². The summed E-state index contributed by atoms with van der Waals surface area (Å²) in [6.45, 7) is 1.66. The molecule has 6 heteroatoms. The first-order valence-electron chi connectivity index (χ1n) is 5.87. The minimum Gasteiger partial charge on any atom is -0.484 e. The number of ether oxygens (including phenoxy) is 2. The second-order valence-electron chi connectivity index (χ2n) is 3.71. The number of primary amides is 1. The maximum absolute atomic E-state index is 11.4. The molecule has 0 unspecified atom stereocenters. The highest BCUT2D eigenvalue weighted by Gasteiger charge is 2.09. The van der Waals surface area contributed by atoms with Crippen LogP contribution >= 0.6 is 0 Å². The molecule has 104 valence electrons. The standard InChI is InChI=1S/C14H14N2O4/c1-2-19-14(18)11(8-15)7-10-3-5-12(6-4-10)20-9-13(16)17/h3-7H,2,9H2,1H3,(H2,16,17)/b11-7-. The van der Waals surface area contributed by atoms with Crippen molar-refractivity contribution in [2.75, 3.05) is 13.2 Å². The van der Waals surface area contributed by atoms with Crippen LogP contribution in [0.5, 0.6) is 5.75 Å². The minimum atomic E-state index is -0.663. The molecule has 1 amide bonds. The summed E-state index contributed by atoms with van der Waals surface area (Å²) in [6, 6.07) is 8.29. The third kappa shape index (κ3) is 4.82. The molecule has 1 rings (SSSR count). The molecule has 20 heavy (non-hydrogen) atoms. The number of nitrogens with zero attached hydrogens (tertiary/aromatic N) is 1. The smallest absolute Gasteiger partial charge is 0.348 e. The van der Waals surface area contributed by atoms with E-state index in [0.29, 0.717) is 11.3 Å². The van der Waals surface area contributed by atoms with Gasteiger partial charge in [-0.05, 0) is 30.7 Å². The second kappa shape index (κ2) is 7.59. The number of nitriles is 1. The maximum Gasteiger partial charge on any atom is 0.348 e. The molecule has 0 aromatic heterocycles. The van der Waals surface area contributed by atoms with Gasteiger partial charge in [-0.15, -0.1) is 0 Å². The van der Waals surface area contributed by atoms with E-state index in [9.17, 15) is 9.59 Å². The molecule has 0 aliphatic carbocycles. The quantitative estimate of drug-likeness (QED) is 0.474. The van der Waals surface area contributed by atoms with E-state index in [-0.39, 0.29) is 18.8 Å². The first kappa shape index (κ1) is 15.2. The fraction of sp³-hybridized carbons (Fsp3) is 0.214. The lowest BCUT2D eigenvalue weighted by molar-refractivity contribution is -0.137. The van der Waals surface area contributed by atoms with Gasteiger partial charge in [-0.25, -0.2) is 4.79 Å². The first-order chi connectivity index (χ1) is 9.56. The van der Waals surface area contributed by atoms with Gasteiger partial charge in [0.25, 0.3) is 5.91 Å². The van der Waals surface area contributed by atoms with Crippen molar-refractivity contribution in [2.45, 2.75) is 6.92 Å². The Labute approximate surface area is 116 Å². The van der Waals surface area contributed by atoms with Crippen LogP contribution in [0.4, 0.5) is 0 Å². The summed E-state index contributed by atoms with van der Waals surface area (Å²) < 4.78 is 9.84. The third-order valence-electron chi connectivity index (χ3n) is 2.19. The molecule has 0 atom stereocenters. The number of amides is 1. The number of carbonyl (C=O) groups excluding carboxylic acids is 2. The van der Waals surface area contributed by atoms with E-state index < -0.39 is 11.9 Å². The molecule has 0 radical (unpaired) electrons. The molecule has 0 aliphatic heterocycles. The summed E-state index contributed by atoms with van der Waals surface area (Å²) in [5.41, 5.74) is 5.51. The summed E-state index contributed by atoms with van der Waals surface area (Å²) in [4.78, 5) is 22.0. The zero-order chi connectivity index (χ0) is 15.0. The molecule has 0 spiro atoms. The molecule has 1 aromatic carbocycles. The van der Waals surface area contributed by atoms with Crippen LogP contribution in [0, 0.1) is 11.3 Å². The lowest BCUT2D eigenvalue weighted by Gasteiger charge is -2.04. The van der Waals surface area contributed by atoms with Gasteiger partial charge in [0.05, 0.1) is 6.61 Å². The molecule has 6 nitrogen and oxygen atoms in total. The zero-order valence-corrected chi connectivity index (χ0v) is 11.0. The number of hydrogen-bond donors (Lipinski definition) is 1. The highest BCUT2D eigenvalue weighted by Crippen LogP contribution is 2.14. The molecule has 0 saturated carbocycles. The SMILES string of the molecule is CCOC(=O)/C(C#N)=C\c1ccc(OCC(N)=O)cc1. The topological polar surface area (TPSA) is 102 Å². The number of rotatable bonds is 6. The largest absolute Gasteiger partial charge is 0.484 e. The molecule has 0 fully saturated rings. The Balaban J connectivity index is 2.79. The Hall–Kier alpha value is -2.81. The van der Waals surface area contributed by atoms with Crippen molar-refractivity contribution < 1.29 is 19.1 Å². The van der Waals surface area contributed by atoms with Crippen molar-refractivity contribution in [2.24, 2.45) is 5.73 Å². The number of hydrogen-bond acceptors (Lipinski definition) is 5. The van der Waals surface area contributed by atoms with Crippen LogP contribution in [0.15, 0.2) is 29.8 Å². The van der Waals surface area contributed by atoms with Crippen molar-refractivity contribution in [3.8, 4) is 11.8 Å². The number of nitrogens with two attached hydrogens (primary N) is 1. The van der Waals surface area contributed by atoms with Gasteiger partial charge in [0.2, 0.25) is 0 Å². The first-order valence-corrected chi connectivity index (χ1v) is 5.87. The van der Waals surface area contributed by atoms with Gasteiger partial charge < -0.3 is 15.2 Å². The van der Waals surface area contributed by atoms with Gasteiger partial charge in [0, 0.05) is 0 Å². The number of carbonyl (C=O) groups is 2. The summed E-state index contributed by atoms with van der Waals surface area (Å²) in [5.74, 6) is -0.761. The van der Waals surface area contributed by atoms with Gasteiger partial charge in [-0.3, -0.25) is 4.79 Å². The fourth-order valence-electron chi connectivity index (χ4n) is 1.33. The Bertz CT molecular complexity index is 556.